The van der Waals surface area contributed by atoms with E-state index in [0.717, 1.165) is 4.60 Å². The van der Waals surface area contributed by atoms with E-state index in [1.54, 1.807) is 7.11 Å². The van der Waals surface area contributed by atoms with E-state index in [9.17, 15) is 0 Å². The molecule has 0 aliphatic carbocycles. The van der Waals surface area contributed by atoms with Crippen molar-refractivity contribution in [1.82, 2.24) is 4.98 Å². The van der Waals surface area contributed by atoms with Gasteiger partial charge in [0.05, 0.1) is 19.8 Å². The minimum atomic E-state index is 0.518. The third-order valence-electron chi connectivity index (χ3n) is 1.34. The van der Waals surface area contributed by atoms with Gasteiger partial charge in [-0.05, 0) is 15.9 Å². The Kier molecular flexibility index (Phi) is 6.09. The van der Waals surface area contributed by atoms with E-state index < -0.39 is 0 Å². The van der Waals surface area contributed by atoms with Crippen LogP contribution in [0.3, 0.4) is 0 Å². The second-order valence-electron chi connectivity index (χ2n) is 2.39. The maximum atomic E-state index is 5.32. The van der Waals surface area contributed by atoms with Gasteiger partial charge in [-0.2, -0.15) is 4.98 Å². The third kappa shape index (κ3) is 4.90. The van der Waals surface area contributed by atoms with Crippen LogP contribution in [-0.2, 0) is 9.47 Å². The standard InChI is InChI=1S/C8H12BrNO3S/c1-11-2-3-12-4-5-13-8-10-7(9)6-14-8/h6H,2-5H2,1H3. The van der Waals surface area contributed by atoms with Crippen molar-refractivity contribution in [2.45, 2.75) is 0 Å². The lowest BCUT2D eigenvalue weighted by atomic mass is 10.7. The summed E-state index contributed by atoms with van der Waals surface area (Å²) in [6.07, 6.45) is 0. The number of nitrogens with zero attached hydrogens (tertiary/aromatic N) is 1. The molecule has 1 rings (SSSR count). The molecule has 0 aliphatic rings. The Morgan fingerprint density at radius 3 is 2.79 bits per heavy atom. The second-order valence-corrected chi connectivity index (χ2v) is 4.02. The maximum absolute atomic E-state index is 5.32. The van der Waals surface area contributed by atoms with Gasteiger partial charge in [-0.15, -0.1) is 0 Å². The first-order valence-electron chi connectivity index (χ1n) is 4.13. The summed E-state index contributed by atoms with van der Waals surface area (Å²) in [6, 6.07) is 0. The van der Waals surface area contributed by atoms with E-state index in [-0.39, 0.29) is 0 Å². The van der Waals surface area contributed by atoms with Gasteiger partial charge < -0.3 is 14.2 Å². The summed E-state index contributed by atoms with van der Waals surface area (Å²) < 4.78 is 16.2. The molecule has 0 amide bonds. The van der Waals surface area contributed by atoms with Gasteiger partial charge in [-0.3, -0.25) is 0 Å². The Morgan fingerprint density at radius 1 is 1.36 bits per heavy atom. The lowest BCUT2D eigenvalue weighted by molar-refractivity contribution is 0.0543. The van der Waals surface area contributed by atoms with Crippen molar-refractivity contribution in [3.8, 4) is 5.19 Å². The lowest BCUT2D eigenvalue weighted by Gasteiger charge is -2.03. The summed E-state index contributed by atoms with van der Waals surface area (Å²) in [4.78, 5) is 4.08. The molecule has 0 saturated heterocycles. The minimum absolute atomic E-state index is 0.518. The second kappa shape index (κ2) is 7.17. The molecule has 0 unspecified atom stereocenters. The van der Waals surface area contributed by atoms with E-state index in [4.69, 9.17) is 14.2 Å². The number of thiazole rings is 1. The molecule has 0 atom stereocenters. The van der Waals surface area contributed by atoms with E-state index in [2.05, 4.69) is 20.9 Å². The molecule has 0 aliphatic heterocycles. The summed E-state index contributed by atoms with van der Waals surface area (Å²) >= 11 is 4.70. The first-order valence-corrected chi connectivity index (χ1v) is 5.80. The molecule has 0 bridgehead atoms. The van der Waals surface area contributed by atoms with Crippen LogP contribution in [0.1, 0.15) is 0 Å². The van der Waals surface area contributed by atoms with Crippen LogP contribution in [0.15, 0.2) is 9.98 Å². The van der Waals surface area contributed by atoms with Crippen molar-refractivity contribution in [2.75, 3.05) is 33.5 Å². The predicted molar refractivity (Wildman–Crippen MR) is 58.0 cm³/mol. The highest BCUT2D eigenvalue weighted by Crippen LogP contribution is 2.21. The van der Waals surface area contributed by atoms with Crippen LogP contribution in [0.5, 0.6) is 5.19 Å². The smallest absolute Gasteiger partial charge is 0.274 e. The molecule has 1 aromatic rings. The van der Waals surface area contributed by atoms with Gasteiger partial charge in [0.1, 0.15) is 11.2 Å². The van der Waals surface area contributed by atoms with Crippen molar-refractivity contribution in [2.24, 2.45) is 0 Å². The highest BCUT2D eigenvalue weighted by atomic mass is 79.9. The Morgan fingerprint density at radius 2 is 2.14 bits per heavy atom. The van der Waals surface area contributed by atoms with E-state index in [0.29, 0.717) is 31.6 Å². The van der Waals surface area contributed by atoms with Gasteiger partial charge in [0.15, 0.2) is 0 Å². The largest absolute Gasteiger partial charge is 0.468 e. The van der Waals surface area contributed by atoms with Crippen molar-refractivity contribution >= 4 is 27.3 Å². The Labute approximate surface area is 95.3 Å². The topological polar surface area (TPSA) is 40.6 Å². The number of halogens is 1. The lowest BCUT2D eigenvalue weighted by Crippen LogP contribution is -2.09. The SMILES string of the molecule is COCCOCCOc1nc(Br)cs1. The Bertz CT molecular complexity index is 256. The zero-order chi connectivity index (χ0) is 10.2. The molecule has 0 fully saturated rings. The number of methoxy groups -OCH3 is 1. The number of ether oxygens (including phenoxy) is 3. The molecular weight excluding hydrogens is 270 g/mol. The van der Waals surface area contributed by atoms with Gasteiger partial charge in [0.2, 0.25) is 0 Å². The van der Waals surface area contributed by atoms with Gasteiger partial charge in [0, 0.05) is 12.5 Å². The maximum Gasteiger partial charge on any atom is 0.274 e. The summed E-state index contributed by atoms with van der Waals surface area (Å²) in [7, 11) is 1.65. The average molecular weight is 282 g/mol. The molecule has 0 radical (unpaired) electrons. The molecule has 0 saturated carbocycles. The zero-order valence-electron chi connectivity index (χ0n) is 7.86. The first kappa shape index (κ1) is 11.9. The minimum Gasteiger partial charge on any atom is -0.468 e. The van der Waals surface area contributed by atoms with Crippen LogP contribution in [0.25, 0.3) is 0 Å². The number of hydrogen-bond donors (Lipinski definition) is 0. The van der Waals surface area contributed by atoms with Crippen LogP contribution >= 0.6 is 27.3 Å². The molecule has 0 N–H and O–H groups in total. The first-order chi connectivity index (χ1) is 6.83. The summed E-state index contributed by atoms with van der Waals surface area (Å²) in [5.41, 5.74) is 0. The van der Waals surface area contributed by atoms with Crippen LogP contribution in [0, 0.1) is 0 Å². The zero-order valence-corrected chi connectivity index (χ0v) is 10.3. The molecule has 4 nitrogen and oxygen atoms in total. The highest BCUT2D eigenvalue weighted by Gasteiger charge is 1.99. The quantitative estimate of drug-likeness (QED) is 0.717. The van der Waals surface area contributed by atoms with E-state index in [1.165, 1.54) is 11.3 Å². The molecule has 0 aromatic carbocycles. The molecule has 80 valence electrons. The summed E-state index contributed by atoms with van der Waals surface area (Å²) in [5.74, 6) is 0. The van der Waals surface area contributed by atoms with Crippen LogP contribution in [0.2, 0.25) is 0 Å². The van der Waals surface area contributed by atoms with Crippen molar-refractivity contribution < 1.29 is 14.2 Å². The van der Waals surface area contributed by atoms with Crippen LogP contribution < -0.4 is 4.74 Å². The summed E-state index contributed by atoms with van der Waals surface area (Å²) in [6.45, 7) is 2.29. The van der Waals surface area contributed by atoms with Crippen LogP contribution in [0.4, 0.5) is 0 Å². The monoisotopic (exact) mass is 281 g/mol. The summed E-state index contributed by atoms with van der Waals surface area (Å²) in [5, 5.41) is 2.54. The number of hydrogen-bond acceptors (Lipinski definition) is 5. The van der Waals surface area contributed by atoms with Gasteiger partial charge in [-0.1, -0.05) is 11.3 Å². The average Bonchev–Trinajstić information content (AvgIpc) is 2.58. The molecule has 14 heavy (non-hydrogen) atoms. The predicted octanol–water partition coefficient (Wildman–Crippen LogP) is 1.95. The van der Waals surface area contributed by atoms with Gasteiger partial charge >= 0.3 is 0 Å². The van der Waals surface area contributed by atoms with E-state index >= 15 is 0 Å². The molecule has 1 aromatic heterocycles. The van der Waals surface area contributed by atoms with Crippen molar-refractivity contribution in [3.05, 3.63) is 9.98 Å². The third-order valence-corrected chi connectivity index (χ3v) is 2.80. The highest BCUT2D eigenvalue weighted by molar-refractivity contribution is 9.10. The van der Waals surface area contributed by atoms with Crippen molar-refractivity contribution in [1.29, 1.82) is 0 Å². The van der Waals surface area contributed by atoms with Crippen LogP contribution in [-0.4, -0.2) is 38.5 Å². The Hall–Kier alpha value is -0.170. The number of rotatable bonds is 7. The normalized spacial score (nSPS) is 10.4. The molecule has 1 heterocycles. The fourth-order valence-electron chi connectivity index (χ4n) is 0.737. The van der Waals surface area contributed by atoms with Gasteiger partial charge in [-0.25, -0.2) is 0 Å². The number of aromatic nitrogens is 1. The fraction of sp³-hybridized carbons (Fsp3) is 0.625. The van der Waals surface area contributed by atoms with E-state index in [1.807, 2.05) is 5.38 Å². The molecule has 6 heteroatoms. The molecule has 0 spiro atoms. The fourth-order valence-corrected chi connectivity index (χ4v) is 1.85. The van der Waals surface area contributed by atoms with Crippen molar-refractivity contribution in [3.63, 3.8) is 0 Å². The molecular formula is C8H12BrNO3S. The van der Waals surface area contributed by atoms with Gasteiger partial charge in [0.25, 0.3) is 5.19 Å². The Balaban J connectivity index is 1.99.